The predicted molar refractivity (Wildman–Crippen MR) is 67.7 cm³/mol. The van der Waals surface area contributed by atoms with E-state index in [4.69, 9.17) is 23.2 Å². The molecule has 0 bridgehead atoms. The summed E-state index contributed by atoms with van der Waals surface area (Å²) in [4.78, 5) is 0. The number of benzene rings is 1. The molecule has 0 radical (unpaired) electrons. The summed E-state index contributed by atoms with van der Waals surface area (Å²) in [7, 11) is 0. The lowest BCUT2D eigenvalue weighted by molar-refractivity contribution is 0.537. The fraction of sp³-hybridized carbons (Fsp3) is 0.333. The number of hydrogen-bond acceptors (Lipinski definition) is 1. The van der Waals surface area contributed by atoms with Gasteiger partial charge in [-0.05, 0) is 37.6 Å². The SMILES string of the molecule is C=CC(C)NC(C)c1cc(Cl)ccc1Cl. The van der Waals surface area contributed by atoms with Crippen LogP contribution in [-0.2, 0) is 0 Å². The molecule has 2 unspecified atom stereocenters. The summed E-state index contributed by atoms with van der Waals surface area (Å²) in [5.74, 6) is 0. The third-order valence-electron chi connectivity index (χ3n) is 2.29. The Kier molecular flexibility index (Phi) is 4.65. The Labute approximate surface area is 101 Å². The molecule has 0 heterocycles. The summed E-state index contributed by atoms with van der Waals surface area (Å²) < 4.78 is 0. The van der Waals surface area contributed by atoms with Crippen LogP contribution in [-0.4, -0.2) is 6.04 Å². The fourth-order valence-electron chi connectivity index (χ4n) is 1.40. The van der Waals surface area contributed by atoms with E-state index in [1.807, 2.05) is 25.1 Å². The molecule has 2 atom stereocenters. The molecular weight excluding hydrogens is 229 g/mol. The first-order chi connectivity index (χ1) is 7.04. The summed E-state index contributed by atoms with van der Waals surface area (Å²) in [5.41, 5.74) is 1.01. The van der Waals surface area contributed by atoms with Crippen molar-refractivity contribution in [3.63, 3.8) is 0 Å². The molecule has 0 amide bonds. The molecule has 0 aromatic heterocycles. The van der Waals surface area contributed by atoms with Crippen molar-refractivity contribution >= 4 is 23.2 Å². The van der Waals surface area contributed by atoms with Crippen LogP contribution in [0, 0.1) is 0 Å². The minimum atomic E-state index is 0.157. The van der Waals surface area contributed by atoms with Crippen molar-refractivity contribution in [3.05, 3.63) is 46.5 Å². The molecule has 0 saturated heterocycles. The van der Waals surface area contributed by atoms with E-state index < -0.39 is 0 Å². The lowest BCUT2D eigenvalue weighted by Crippen LogP contribution is -2.27. The van der Waals surface area contributed by atoms with Gasteiger partial charge in [0.2, 0.25) is 0 Å². The van der Waals surface area contributed by atoms with Crippen molar-refractivity contribution in [1.29, 1.82) is 0 Å². The molecule has 82 valence electrons. The molecule has 0 aliphatic carbocycles. The highest BCUT2D eigenvalue weighted by Gasteiger charge is 2.11. The molecule has 1 rings (SSSR count). The monoisotopic (exact) mass is 243 g/mol. The van der Waals surface area contributed by atoms with Crippen LogP contribution in [0.1, 0.15) is 25.5 Å². The summed E-state index contributed by atoms with van der Waals surface area (Å²) in [6, 6.07) is 5.89. The van der Waals surface area contributed by atoms with Gasteiger partial charge in [0.05, 0.1) is 0 Å². The third-order valence-corrected chi connectivity index (χ3v) is 2.87. The highest BCUT2D eigenvalue weighted by Crippen LogP contribution is 2.26. The first kappa shape index (κ1) is 12.6. The van der Waals surface area contributed by atoms with Gasteiger partial charge in [0.15, 0.2) is 0 Å². The maximum atomic E-state index is 6.09. The van der Waals surface area contributed by atoms with E-state index in [0.717, 1.165) is 10.6 Å². The molecule has 0 aliphatic heterocycles. The molecule has 1 aromatic rings. The quantitative estimate of drug-likeness (QED) is 0.782. The zero-order valence-electron chi connectivity index (χ0n) is 8.93. The maximum absolute atomic E-state index is 6.09. The molecule has 0 spiro atoms. The Morgan fingerprint density at radius 1 is 1.33 bits per heavy atom. The minimum absolute atomic E-state index is 0.157. The van der Waals surface area contributed by atoms with Crippen molar-refractivity contribution in [3.8, 4) is 0 Å². The number of hydrogen-bond donors (Lipinski definition) is 1. The van der Waals surface area contributed by atoms with Gasteiger partial charge in [0.25, 0.3) is 0 Å². The van der Waals surface area contributed by atoms with E-state index in [2.05, 4.69) is 18.8 Å². The van der Waals surface area contributed by atoms with Gasteiger partial charge >= 0.3 is 0 Å². The van der Waals surface area contributed by atoms with Crippen molar-refractivity contribution in [1.82, 2.24) is 5.32 Å². The van der Waals surface area contributed by atoms with Gasteiger partial charge in [0.1, 0.15) is 0 Å². The predicted octanol–water partition coefficient (Wildman–Crippen LogP) is 4.22. The van der Waals surface area contributed by atoms with E-state index >= 15 is 0 Å². The molecule has 15 heavy (non-hydrogen) atoms. The molecule has 0 aliphatic rings. The topological polar surface area (TPSA) is 12.0 Å². The summed E-state index contributed by atoms with van der Waals surface area (Å²) in [6.07, 6.45) is 1.86. The molecule has 0 fully saturated rings. The van der Waals surface area contributed by atoms with Crippen LogP contribution in [0.25, 0.3) is 0 Å². The molecule has 1 nitrogen and oxygen atoms in total. The molecule has 1 N–H and O–H groups in total. The third kappa shape index (κ3) is 3.53. The maximum Gasteiger partial charge on any atom is 0.0454 e. The van der Waals surface area contributed by atoms with Crippen LogP contribution in [0.2, 0.25) is 10.0 Å². The first-order valence-corrected chi connectivity index (χ1v) is 5.63. The van der Waals surface area contributed by atoms with Gasteiger partial charge in [-0.15, -0.1) is 6.58 Å². The second kappa shape index (κ2) is 5.55. The normalized spacial score (nSPS) is 14.7. The van der Waals surface area contributed by atoms with Gasteiger partial charge < -0.3 is 5.32 Å². The second-order valence-electron chi connectivity index (χ2n) is 3.58. The van der Waals surface area contributed by atoms with E-state index in [0.29, 0.717) is 5.02 Å². The van der Waals surface area contributed by atoms with Crippen LogP contribution >= 0.6 is 23.2 Å². The average molecular weight is 244 g/mol. The lowest BCUT2D eigenvalue weighted by Gasteiger charge is -2.19. The second-order valence-corrected chi connectivity index (χ2v) is 4.42. The molecular formula is C12H15Cl2N. The smallest absolute Gasteiger partial charge is 0.0454 e. The molecule has 1 aromatic carbocycles. The van der Waals surface area contributed by atoms with E-state index in [9.17, 15) is 0 Å². The van der Waals surface area contributed by atoms with Gasteiger partial charge in [-0.2, -0.15) is 0 Å². The average Bonchev–Trinajstić information content (AvgIpc) is 2.21. The van der Waals surface area contributed by atoms with E-state index in [1.54, 1.807) is 6.07 Å². The van der Waals surface area contributed by atoms with Crippen molar-refractivity contribution in [2.45, 2.75) is 25.9 Å². The van der Waals surface area contributed by atoms with Crippen LogP contribution in [0.3, 0.4) is 0 Å². The Balaban J connectivity index is 2.85. The minimum Gasteiger partial charge on any atom is -0.304 e. The van der Waals surface area contributed by atoms with Crippen LogP contribution in [0.5, 0.6) is 0 Å². The Hall–Kier alpha value is -0.500. The zero-order chi connectivity index (χ0) is 11.4. The van der Waals surface area contributed by atoms with Crippen molar-refractivity contribution in [2.75, 3.05) is 0 Å². The van der Waals surface area contributed by atoms with E-state index in [-0.39, 0.29) is 12.1 Å². The molecule has 0 saturated carbocycles. The summed E-state index contributed by atoms with van der Waals surface area (Å²) in [5, 5.41) is 4.79. The molecule has 3 heteroatoms. The van der Waals surface area contributed by atoms with Gasteiger partial charge in [-0.25, -0.2) is 0 Å². The summed E-state index contributed by atoms with van der Waals surface area (Å²) >= 11 is 12.0. The lowest BCUT2D eigenvalue weighted by atomic mass is 10.1. The summed E-state index contributed by atoms with van der Waals surface area (Å²) in [6.45, 7) is 7.82. The highest BCUT2D eigenvalue weighted by molar-refractivity contribution is 6.33. The van der Waals surface area contributed by atoms with E-state index in [1.165, 1.54) is 0 Å². The first-order valence-electron chi connectivity index (χ1n) is 4.88. The van der Waals surface area contributed by atoms with Gasteiger partial charge in [-0.3, -0.25) is 0 Å². The Morgan fingerprint density at radius 3 is 2.60 bits per heavy atom. The van der Waals surface area contributed by atoms with Crippen molar-refractivity contribution in [2.24, 2.45) is 0 Å². The standard InChI is InChI=1S/C12H15Cl2N/c1-4-8(2)15-9(3)11-7-10(13)5-6-12(11)14/h4-9,15H,1H2,2-3H3. The fourth-order valence-corrected chi connectivity index (χ4v) is 1.86. The number of nitrogens with one attached hydrogen (secondary N) is 1. The van der Waals surface area contributed by atoms with Crippen LogP contribution in [0.4, 0.5) is 0 Å². The largest absolute Gasteiger partial charge is 0.304 e. The highest BCUT2D eigenvalue weighted by atomic mass is 35.5. The van der Waals surface area contributed by atoms with Crippen LogP contribution in [0.15, 0.2) is 30.9 Å². The zero-order valence-corrected chi connectivity index (χ0v) is 10.4. The van der Waals surface area contributed by atoms with Crippen LogP contribution < -0.4 is 5.32 Å². The van der Waals surface area contributed by atoms with Gasteiger partial charge in [-0.1, -0.05) is 29.3 Å². The van der Waals surface area contributed by atoms with Crippen molar-refractivity contribution < 1.29 is 0 Å². The Morgan fingerprint density at radius 2 is 2.00 bits per heavy atom. The number of rotatable bonds is 4. The Bertz CT molecular complexity index is 349. The van der Waals surface area contributed by atoms with Gasteiger partial charge in [0, 0.05) is 22.1 Å². The number of halogens is 2.